The van der Waals surface area contributed by atoms with E-state index >= 15 is 0 Å². The minimum Gasteiger partial charge on any atom is -0.495 e. The fraction of sp³-hybridized carbons (Fsp3) is 0.611. The Bertz CT molecular complexity index is 521. The summed E-state index contributed by atoms with van der Waals surface area (Å²) in [4.78, 5) is 19.1. The molecule has 0 atom stereocenters. The van der Waals surface area contributed by atoms with Crippen molar-refractivity contribution >= 4 is 11.6 Å². The van der Waals surface area contributed by atoms with E-state index in [1.807, 2.05) is 23.1 Å². The number of carbonyl (C=O) groups excluding carboxylic acids is 1. The number of likely N-dealkylation sites (tertiary alicyclic amines) is 1. The summed E-state index contributed by atoms with van der Waals surface area (Å²) in [7, 11) is 1.71. The molecule has 1 aromatic rings. The molecule has 0 aliphatic carbocycles. The highest BCUT2D eigenvalue weighted by molar-refractivity contribution is 5.78. The molecule has 0 unspecified atom stereocenters. The standard InChI is InChI=1S/C18H27N3O2/c1-23-17-8-4-3-7-16(17)20-11-13-21(14-12-20)18(22)15-19-9-5-2-6-10-19/h3-4,7-8H,2,5-6,9-15H2,1H3. The van der Waals surface area contributed by atoms with Gasteiger partial charge in [-0.25, -0.2) is 0 Å². The third-order valence-corrected chi connectivity index (χ3v) is 4.87. The van der Waals surface area contributed by atoms with Gasteiger partial charge in [0.2, 0.25) is 5.91 Å². The summed E-state index contributed by atoms with van der Waals surface area (Å²) < 4.78 is 5.44. The number of hydrogen-bond donors (Lipinski definition) is 0. The molecule has 2 saturated heterocycles. The maximum Gasteiger partial charge on any atom is 0.236 e. The quantitative estimate of drug-likeness (QED) is 0.849. The zero-order valence-corrected chi connectivity index (χ0v) is 14.0. The Morgan fingerprint density at radius 2 is 1.70 bits per heavy atom. The van der Waals surface area contributed by atoms with Crippen LogP contribution in [-0.2, 0) is 4.79 Å². The molecule has 5 nitrogen and oxygen atoms in total. The Morgan fingerprint density at radius 1 is 1.00 bits per heavy atom. The van der Waals surface area contributed by atoms with Crippen molar-refractivity contribution < 1.29 is 9.53 Å². The van der Waals surface area contributed by atoms with Crippen LogP contribution in [-0.4, -0.2) is 68.6 Å². The predicted octanol–water partition coefficient (Wildman–Crippen LogP) is 1.83. The third-order valence-electron chi connectivity index (χ3n) is 4.87. The predicted molar refractivity (Wildman–Crippen MR) is 92.1 cm³/mol. The number of rotatable bonds is 4. The second-order valence-corrected chi connectivity index (χ2v) is 6.38. The van der Waals surface area contributed by atoms with E-state index in [4.69, 9.17) is 4.74 Å². The maximum atomic E-state index is 12.5. The first-order valence-corrected chi connectivity index (χ1v) is 8.66. The average Bonchev–Trinajstić information content (AvgIpc) is 2.62. The number of methoxy groups -OCH3 is 1. The van der Waals surface area contributed by atoms with Gasteiger partial charge in [0.05, 0.1) is 19.3 Å². The monoisotopic (exact) mass is 317 g/mol. The number of ether oxygens (including phenoxy) is 1. The number of piperazine rings is 1. The van der Waals surface area contributed by atoms with Gasteiger partial charge < -0.3 is 14.5 Å². The van der Waals surface area contributed by atoms with E-state index in [-0.39, 0.29) is 5.91 Å². The fourth-order valence-corrected chi connectivity index (χ4v) is 3.50. The van der Waals surface area contributed by atoms with Gasteiger partial charge in [-0.15, -0.1) is 0 Å². The van der Waals surface area contributed by atoms with Crippen LogP contribution in [0.4, 0.5) is 5.69 Å². The Balaban J connectivity index is 1.52. The molecular formula is C18H27N3O2. The van der Waals surface area contributed by atoms with Gasteiger partial charge in [-0.3, -0.25) is 9.69 Å². The van der Waals surface area contributed by atoms with Crippen LogP contribution in [0.5, 0.6) is 5.75 Å². The second kappa shape index (κ2) is 7.68. The van der Waals surface area contributed by atoms with E-state index in [1.165, 1.54) is 19.3 Å². The average molecular weight is 317 g/mol. The molecule has 0 bridgehead atoms. The zero-order valence-electron chi connectivity index (χ0n) is 14.0. The van der Waals surface area contributed by atoms with Gasteiger partial charge in [-0.05, 0) is 38.1 Å². The number of nitrogens with zero attached hydrogens (tertiary/aromatic N) is 3. The molecule has 0 aromatic heterocycles. The van der Waals surface area contributed by atoms with Crippen molar-refractivity contribution in [1.29, 1.82) is 0 Å². The molecule has 2 fully saturated rings. The summed E-state index contributed by atoms with van der Waals surface area (Å²) in [6, 6.07) is 8.10. The zero-order chi connectivity index (χ0) is 16.1. The van der Waals surface area contributed by atoms with Gasteiger partial charge in [0.1, 0.15) is 5.75 Å². The van der Waals surface area contributed by atoms with Crippen molar-refractivity contribution in [1.82, 2.24) is 9.80 Å². The van der Waals surface area contributed by atoms with Crippen molar-refractivity contribution in [2.24, 2.45) is 0 Å². The Labute approximate surface area is 138 Å². The first-order valence-electron chi connectivity index (χ1n) is 8.66. The van der Waals surface area contributed by atoms with Crippen LogP contribution in [0.1, 0.15) is 19.3 Å². The number of piperidine rings is 1. The molecule has 23 heavy (non-hydrogen) atoms. The van der Waals surface area contributed by atoms with Crippen molar-refractivity contribution in [3.63, 3.8) is 0 Å². The van der Waals surface area contributed by atoms with Crippen LogP contribution in [0.15, 0.2) is 24.3 Å². The number of amides is 1. The van der Waals surface area contributed by atoms with E-state index in [1.54, 1.807) is 7.11 Å². The third kappa shape index (κ3) is 3.96. The van der Waals surface area contributed by atoms with Gasteiger partial charge in [0, 0.05) is 26.2 Å². The molecule has 2 aliphatic rings. The smallest absolute Gasteiger partial charge is 0.236 e. The molecule has 0 saturated carbocycles. The van der Waals surface area contributed by atoms with Crippen LogP contribution in [0.2, 0.25) is 0 Å². The summed E-state index contributed by atoms with van der Waals surface area (Å²) in [6.45, 7) is 6.07. The molecule has 5 heteroatoms. The molecule has 126 valence electrons. The highest BCUT2D eigenvalue weighted by Gasteiger charge is 2.24. The minimum atomic E-state index is 0.284. The molecule has 1 amide bonds. The summed E-state index contributed by atoms with van der Waals surface area (Å²) in [6.07, 6.45) is 3.77. The number of benzene rings is 1. The van der Waals surface area contributed by atoms with E-state index in [0.717, 1.165) is 50.7 Å². The van der Waals surface area contributed by atoms with Crippen LogP contribution >= 0.6 is 0 Å². The summed E-state index contributed by atoms with van der Waals surface area (Å²) in [5.74, 6) is 1.19. The van der Waals surface area contributed by atoms with Gasteiger partial charge >= 0.3 is 0 Å². The molecule has 2 aliphatic heterocycles. The number of carbonyl (C=O) groups is 1. The minimum absolute atomic E-state index is 0.284. The van der Waals surface area contributed by atoms with Gasteiger partial charge in [-0.1, -0.05) is 18.6 Å². The molecule has 0 spiro atoms. The Hall–Kier alpha value is -1.75. The Kier molecular flexibility index (Phi) is 5.39. The first kappa shape index (κ1) is 16.1. The first-order chi connectivity index (χ1) is 11.3. The number of anilines is 1. The van der Waals surface area contributed by atoms with E-state index in [2.05, 4.69) is 15.9 Å². The van der Waals surface area contributed by atoms with Crippen LogP contribution in [0.3, 0.4) is 0 Å². The van der Waals surface area contributed by atoms with E-state index < -0.39 is 0 Å². The van der Waals surface area contributed by atoms with E-state index in [9.17, 15) is 4.79 Å². The van der Waals surface area contributed by atoms with Crippen LogP contribution in [0, 0.1) is 0 Å². The Morgan fingerprint density at radius 3 is 2.39 bits per heavy atom. The topological polar surface area (TPSA) is 36.0 Å². The maximum absolute atomic E-state index is 12.5. The normalized spacial score (nSPS) is 19.7. The molecule has 3 rings (SSSR count). The van der Waals surface area contributed by atoms with E-state index in [0.29, 0.717) is 6.54 Å². The number of hydrogen-bond acceptors (Lipinski definition) is 4. The van der Waals surface area contributed by atoms with Crippen LogP contribution < -0.4 is 9.64 Å². The molecule has 0 N–H and O–H groups in total. The van der Waals surface area contributed by atoms with Crippen LogP contribution in [0.25, 0.3) is 0 Å². The van der Waals surface area contributed by atoms with Crippen molar-refractivity contribution in [2.45, 2.75) is 19.3 Å². The molecule has 1 aromatic carbocycles. The largest absolute Gasteiger partial charge is 0.495 e. The van der Waals surface area contributed by atoms with Gasteiger partial charge in [0.15, 0.2) is 0 Å². The summed E-state index contributed by atoms with van der Waals surface area (Å²) in [5.41, 5.74) is 1.12. The summed E-state index contributed by atoms with van der Waals surface area (Å²) >= 11 is 0. The molecule has 2 heterocycles. The summed E-state index contributed by atoms with van der Waals surface area (Å²) in [5, 5.41) is 0. The highest BCUT2D eigenvalue weighted by atomic mass is 16.5. The molecule has 0 radical (unpaired) electrons. The van der Waals surface area contributed by atoms with Gasteiger partial charge in [-0.2, -0.15) is 0 Å². The van der Waals surface area contributed by atoms with Crippen molar-refractivity contribution in [3.05, 3.63) is 24.3 Å². The fourth-order valence-electron chi connectivity index (χ4n) is 3.50. The molecular weight excluding hydrogens is 290 g/mol. The number of para-hydroxylation sites is 2. The SMILES string of the molecule is COc1ccccc1N1CCN(C(=O)CN2CCCCC2)CC1. The lowest BCUT2D eigenvalue weighted by molar-refractivity contribution is -0.132. The lowest BCUT2D eigenvalue weighted by Gasteiger charge is -2.37. The lowest BCUT2D eigenvalue weighted by Crippen LogP contribution is -2.51. The van der Waals surface area contributed by atoms with Crippen molar-refractivity contribution in [3.8, 4) is 5.75 Å². The second-order valence-electron chi connectivity index (χ2n) is 6.38. The lowest BCUT2D eigenvalue weighted by atomic mass is 10.1. The highest BCUT2D eigenvalue weighted by Crippen LogP contribution is 2.28. The van der Waals surface area contributed by atoms with Gasteiger partial charge in [0.25, 0.3) is 0 Å². The van der Waals surface area contributed by atoms with Crippen molar-refractivity contribution in [2.75, 3.05) is 57.8 Å².